The highest BCUT2D eigenvalue weighted by Crippen LogP contribution is 2.03. The van der Waals surface area contributed by atoms with Crippen molar-refractivity contribution >= 4 is 6.03 Å². The van der Waals surface area contributed by atoms with Gasteiger partial charge in [0.15, 0.2) is 0 Å². The molecule has 0 heterocycles. The Balaban J connectivity index is 3.56. The highest BCUT2D eigenvalue weighted by molar-refractivity contribution is 5.71. The second-order valence-corrected chi connectivity index (χ2v) is 2.68. The maximum Gasteiger partial charge on any atom is 0.312 e. The summed E-state index contributed by atoms with van der Waals surface area (Å²) in [6, 6.07) is -0.523. The molecule has 0 aromatic carbocycles. The van der Waals surface area contributed by atoms with E-state index in [1.165, 1.54) is 0 Å². The average Bonchev–Trinajstić information content (AvgIpc) is 1.85. The topological polar surface area (TPSA) is 64.3 Å². The second kappa shape index (κ2) is 3.41. The zero-order valence-electron chi connectivity index (χ0n) is 6.60. The van der Waals surface area contributed by atoms with Gasteiger partial charge in [-0.3, -0.25) is 0 Å². The van der Waals surface area contributed by atoms with Gasteiger partial charge in [0, 0.05) is 13.7 Å². The van der Waals surface area contributed by atoms with Gasteiger partial charge in [0.1, 0.15) is 0 Å². The molecule has 0 aromatic rings. The lowest BCUT2D eigenvalue weighted by molar-refractivity contribution is 0.0256. The van der Waals surface area contributed by atoms with E-state index in [1.54, 1.807) is 7.11 Å². The number of rotatable bonds is 3. The molecule has 0 atom stereocenters. The number of nitrogens with two attached hydrogens (primary N) is 1. The minimum atomic E-state index is -0.523. The van der Waals surface area contributed by atoms with Crippen LogP contribution in [0.15, 0.2) is 0 Å². The Bertz CT molecular complexity index is 123. The van der Waals surface area contributed by atoms with Crippen LogP contribution in [0.5, 0.6) is 0 Å². The summed E-state index contributed by atoms with van der Waals surface area (Å²) < 4.78 is 5.02. The first-order valence-electron chi connectivity index (χ1n) is 3.06. The first kappa shape index (κ1) is 9.23. The van der Waals surface area contributed by atoms with Gasteiger partial charge >= 0.3 is 6.03 Å². The average molecular weight is 146 g/mol. The molecule has 0 saturated heterocycles. The van der Waals surface area contributed by atoms with E-state index in [-0.39, 0.29) is 5.60 Å². The van der Waals surface area contributed by atoms with Crippen LogP contribution in [0.2, 0.25) is 0 Å². The largest absolute Gasteiger partial charge is 0.377 e. The van der Waals surface area contributed by atoms with Gasteiger partial charge in [-0.1, -0.05) is 0 Å². The molecule has 4 heteroatoms. The van der Waals surface area contributed by atoms with Crippen LogP contribution < -0.4 is 11.1 Å². The van der Waals surface area contributed by atoms with Crippen molar-refractivity contribution < 1.29 is 9.53 Å². The predicted molar refractivity (Wildman–Crippen MR) is 38.7 cm³/mol. The maximum absolute atomic E-state index is 10.2. The van der Waals surface area contributed by atoms with Crippen molar-refractivity contribution in [2.45, 2.75) is 19.4 Å². The Morgan fingerprint density at radius 2 is 2.20 bits per heavy atom. The molecule has 4 nitrogen and oxygen atoms in total. The number of urea groups is 1. The first-order chi connectivity index (χ1) is 4.48. The first-order valence-corrected chi connectivity index (χ1v) is 3.06. The smallest absolute Gasteiger partial charge is 0.312 e. The molecule has 10 heavy (non-hydrogen) atoms. The summed E-state index contributed by atoms with van der Waals surface area (Å²) in [4.78, 5) is 10.2. The molecule has 0 saturated carbocycles. The molecular formula is C6H14N2O2. The minimum Gasteiger partial charge on any atom is -0.377 e. The van der Waals surface area contributed by atoms with Gasteiger partial charge in [-0.2, -0.15) is 0 Å². The van der Waals surface area contributed by atoms with E-state index in [9.17, 15) is 4.79 Å². The number of amides is 2. The van der Waals surface area contributed by atoms with E-state index in [0.717, 1.165) is 0 Å². The van der Waals surface area contributed by atoms with Gasteiger partial charge in [0.05, 0.1) is 5.60 Å². The lowest BCUT2D eigenvalue weighted by Crippen LogP contribution is -2.41. The fourth-order valence-electron chi connectivity index (χ4n) is 0.372. The van der Waals surface area contributed by atoms with Crippen molar-refractivity contribution in [3.8, 4) is 0 Å². The Morgan fingerprint density at radius 1 is 1.70 bits per heavy atom. The summed E-state index contributed by atoms with van der Waals surface area (Å²) in [7, 11) is 1.59. The van der Waals surface area contributed by atoms with Gasteiger partial charge in [-0.15, -0.1) is 0 Å². The van der Waals surface area contributed by atoms with Crippen LogP contribution in [-0.2, 0) is 4.74 Å². The summed E-state index contributed by atoms with van der Waals surface area (Å²) in [5.74, 6) is 0. The third-order valence-corrected chi connectivity index (χ3v) is 1.24. The SMILES string of the molecule is COC(C)(C)CNC(N)=O. The Hall–Kier alpha value is -0.770. The van der Waals surface area contributed by atoms with Crippen molar-refractivity contribution in [1.29, 1.82) is 0 Å². The monoisotopic (exact) mass is 146 g/mol. The predicted octanol–water partition coefficient (Wildman–Crippen LogP) is 0.0797. The van der Waals surface area contributed by atoms with Gasteiger partial charge < -0.3 is 15.8 Å². The normalized spacial score (nSPS) is 11.1. The number of primary amides is 1. The molecule has 60 valence electrons. The molecule has 0 bridgehead atoms. The summed E-state index contributed by atoms with van der Waals surface area (Å²) in [5.41, 5.74) is 4.51. The van der Waals surface area contributed by atoms with Crippen molar-refractivity contribution in [1.82, 2.24) is 5.32 Å². The van der Waals surface area contributed by atoms with Crippen LogP contribution in [0.3, 0.4) is 0 Å². The molecule has 0 fully saturated rings. The number of nitrogens with one attached hydrogen (secondary N) is 1. The number of methoxy groups -OCH3 is 1. The highest BCUT2D eigenvalue weighted by atomic mass is 16.5. The lowest BCUT2D eigenvalue weighted by Gasteiger charge is -2.22. The number of carbonyl (C=O) groups excluding carboxylic acids is 1. The van der Waals surface area contributed by atoms with Crippen molar-refractivity contribution in [2.75, 3.05) is 13.7 Å². The van der Waals surface area contributed by atoms with Crippen LogP contribution in [0.1, 0.15) is 13.8 Å². The number of hydrogen-bond donors (Lipinski definition) is 2. The van der Waals surface area contributed by atoms with Crippen molar-refractivity contribution in [2.24, 2.45) is 5.73 Å². The van der Waals surface area contributed by atoms with E-state index < -0.39 is 6.03 Å². The molecule has 0 radical (unpaired) electrons. The van der Waals surface area contributed by atoms with Crippen molar-refractivity contribution in [3.05, 3.63) is 0 Å². The summed E-state index contributed by atoms with van der Waals surface area (Å²) in [6.45, 7) is 4.16. The molecule has 0 aliphatic carbocycles. The third kappa shape index (κ3) is 4.14. The number of carbonyl (C=O) groups is 1. The third-order valence-electron chi connectivity index (χ3n) is 1.24. The van der Waals surface area contributed by atoms with Gasteiger partial charge in [-0.05, 0) is 13.8 Å². The Kier molecular flexibility index (Phi) is 3.15. The zero-order valence-corrected chi connectivity index (χ0v) is 6.60. The van der Waals surface area contributed by atoms with Gasteiger partial charge in [0.2, 0.25) is 0 Å². The number of ether oxygens (including phenoxy) is 1. The maximum atomic E-state index is 10.2. The van der Waals surface area contributed by atoms with Gasteiger partial charge in [-0.25, -0.2) is 4.79 Å². The molecule has 0 rings (SSSR count). The fraction of sp³-hybridized carbons (Fsp3) is 0.833. The van der Waals surface area contributed by atoms with E-state index in [4.69, 9.17) is 10.5 Å². The molecule has 0 aliphatic heterocycles. The molecule has 2 amide bonds. The van der Waals surface area contributed by atoms with E-state index in [1.807, 2.05) is 13.8 Å². The summed E-state index contributed by atoms with van der Waals surface area (Å²) in [5, 5.41) is 2.45. The molecule has 0 aromatic heterocycles. The van der Waals surface area contributed by atoms with Crippen LogP contribution in [-0.4, -0.2) is 25.3 Å². The fourth-order valence-corrected chi connectivity index (χ4v) is 0.372. The Labute approximate surface area is 60.7 Å². The van der Waals surface area contributed by atoms with E-state index >= 15 is 0 Å². The molecule has 0 spiro atoms. The van der Waals surface area contributed by atoms with Crippen LogP contribution in [0.4, 0.5) is 4.79 Å². The standard InChI is InChI=1S/C6H14N2O2/c1-6(2,10-3)4-8-5(7)9/h4H2,1-3H3,(H3,7,8,9). The summed E-state index contributed by atoms with van der Waals surface area (Å²) in [6.07, 6.45) is 0. The molecular weight excluding hydrogens is 132 g/mol. The highest BCUT2D eigenvalue weighted by Gasteiger charge is 2.15. The zero-order chi connectivity index (χ0) is 8.20. The Morgan fingerprint density at radius 3 is 2.50 bits per heavy atom. The summed E-state index contributed by atoms with van der Waals surface area (Å²) >= 11 is 0. The lowest BCUT2D eigenvalue weighted by atomic mass is 10.1. The molecule has 3 N–H and O–H groups in total. The van der Waals surface area contributed by atoms with Crippen molar-refractivity contribution in [3.63, 3.8) is 0 Å². The second-order valence-electron chi connectivity index (χ2n) is 2.68. The van der Waals surface area contributed by atoms with Gasteiger partial charge in [0.25, 0.3) is 0 Å². The molecule has 0 unspecified atom stereocenters. The van der Waals surface area contributed by atoms with Crippen LogP contribution in [0, 0.1) is 0 Å². The minimum absolute atomic E-state index is 0.338. The van der Waals surface area contributed by atoms with Crippen LogP contribution in [0.25, 0.3) is 0 Å². The number of hydrogen-bond acceptors (Lipinski definition) is 2. The van der Waals surface area contributed by atoms with E-state index in [2.05, 4.69) is 5.32 Å². The van der Waals surface area contributed by atoms with E-state index in [0.29, 0.717) is 6.54 Å². The molecule has 0 aliphatic rings. The van der Waals surface area contributed by atoms with Crippen LogP contribution >= 0.6 is 0 Å². The quantitative estimate of drug-likeness (QED) is 0.592.